The van der Waals surface area contributed by atoms with Gasteiger partial charge in [0.05, 0.1) is 70.3 Å². The fourth-order valence-corrected chi connectivity index (χ4v) is 9.34. The van der Waals surface area contributed by atoms with E-state index in [-0.39, 0.29) is 72.8 Å². The molecular weight excluding hydrogens is 1210 g/mol. The van der Waals surface area contributed by atoms with E-state index in [0.29, 0.717) is 69.6 Å². The van der Waals surface area contributed by atoms with E-state index in [4.69, 9.17) is 29.8 Å². The summed E-state index contributed by atoms with van der Waals surface area (Å²) in [7, 11) is 6.41. The molecule has 5 fully saturated rings. The van der Waals surface area contributed by atoms with Gasteiger partial charge in [-0.3, -0.25) is 28.8 Å². The number of amides is 5. The van der Waals surface area contributed by atoms with Gasteiger partial charge in [0.15, 0.2) is 0 Å². The zero-order chi connectivity index (χ0) is 69.0. The van der Waals surface area contributed by atoms with Gasteiger partial charge in [0.25, 0.3) is 0 Å². The van der Waals surface area contributed by atoms with Gasteiger partial charge in [-0.1, -0.05) is 5.16 Å². The number of carbonyl (C=O) groups excluding carboxylic acids is 11. The van der Waals surface area contributed by atoms with Crippen LogP contribution in [0.15, 0.2) is 15.7 Å². The minimum atomic E-state index is -1.41. The summed E-state index contributed by atoms with van der Waals surface area (Å²) in [6, 6.07) is -1.35. The van der Waals surface area contributed by atoms with Gasteiger partial charge in [-0.15, -0.1) is 17.5 Å². The molecule has 1 aromatic rings. The van der Waals surface area contributed by atoms with Crippen molar-refractivity contribution in [3.05, 3.63) is 17.5 Å². The molecule has 89 heavy (non-hydrogen) atoms. The fourth-order valence-electron chi connectivity index (χ4n) is 9.34. The Morgan fingerprint density at radius 3 is 1.26 bits per heavy atom. The number of nitrogens with two attached hydrogens (primary N) is 1. The summed E-state index contributed by atoms with van der Waals surface area (Å²) in [6.07, 6.45) is 8.83. The number of aliphatic hydroxyl groups excluding tert-OH is 1. The molecule has 0 bridgehead atoms. The van der Waals surface area contributed by atoms with Crippen molar-refractivity contribution < 1.29 is 141 Å². The van der Waals surface area contributed by atoms with Crippen molar-refractivity contribution in [1.29, 1.82) is 0 Å². The van der Waals surface area contributed by atoms with Crippen LogP contribution in [0.3, 0.4) is 0 Å². The van der Waals surface area contributed by atoms with E-state index in [1.165, 1.54) is 80.1 Å². The Morgan fingerprint density at radius 2 is 0.966 bits per heavy atom. The minimum absolute atomic E-state index is 0. The zero-order valence-corrected chi connectivity index (χ0v) is 56.9. The number of halogens is 1. The maximum Gasteiger partial charge on any atom is 1.00 e. The number of likely N-dealkylation sites (tertiary alicyclic amines) is 5. The Kier molecular flexibility index (Phi) is 38.2. The molecule has 5 amide bonds. The Labute approximate surface area is 545 Å². The molecule has 6 N–H and O–H groups in total. The number of aliphatic hydroxyl groups is 1. The number of carboxylic acids is 1. The summed E-state index contributed by atoms with van der Waals surface area (Å²) in [4.78, 5) is 146. The smallest absolute Gasteiger partial charge is 0.769 e. The second kappa shape index (κ2) is 39.4. The number of methoxy groups -OCH3 is 5. The van der Waals surface area contributed by atoms with E-state index in [9.17, 15) is 57.5 Å². The second-order valence-corrected chi connectivity index (χ2v) is 21.7. The van der Waals surface area contributed by atoms with E-state index < -0.39 is 99.0 Å². The van der Waals surface area contributed by atoms with Crippen LogP contribution in [0.2, 0.25) is 0 Å². The second-order valence-electron chi connectivity index (χ2n) is 21.7. The predicted octanol–water partition coefficient (Wildman–Crippen LogP) is -2.61. The fraction of sp³-hybridized carbons (Fsp3) is 0.679. The molecule has 0 saturated carbocycles. The van der Waals surface area contributed by atoms with Crippen molar-refractivity contribution >= 4 is 89.7 Å². The SMILES string of the molecule is C#CC.COC(=O)[C@@H](C)N1CCC(C)(/C=N/O)C1=O.COC(=O)[C@@H](C)N1CCC(C)(C(=O)O)C1=O.COC(=O)[C@@H](C)N1CCC(C)(C=O)C1=O.COC(=O)[C@@H](C)N1CCC(C)(CO)C1=O.COC(=O)[C@@H](C)N1CCC(C)(c2cc(C)on2)C1=O.NO.[Na+].[O-]Cl. The number of hydrogen-bond donors (Lipinski definition) is 5. The number of terminal acetylenes is 1. The topological polar surface area (TPSA) is 436 Å². The number of aryl methyl sites for hydroxylation is 1. The third-order valence-electron chi connectivity index (χ3n) is 15.8. The number of oxime groups is 1. The number of aromatic nitrogens is 1. The van der Waals surface area contributed by atoms with Crippen LogP contribution in [0.5, 0.6) is 0 Å². The number of hydrogen-bond acceptors (Lipinski definition) is 25. The van der Waals surface area contributed by atoms with Crippen LogP contribution in [-0.4, -0.2) is 233 Å². The largest absolute Gasteiger partial charge is 1.00 e. The molecule has 6 heterocycles. The minimum Gasteiger partial charge on any atom is -0.769 e. The van der Waals surface area contributed by atoms with E-state index in [1.807, 2.05) is 6.92 Å². The van der Waals surface area contributed by atoms with Gasteiger partial charge in [-0.25, -0.2) is 41.7 Å². The van der Waals surface area contributed by atoms with E-state index in [1.54, 1.807) is 68.4 Å². The molecule has 33 heteroatoms. The van der Waals surface area contributed by atoms with Gasteiger partial charge < -0.3 is 82.8 Å². The quantitative estimate of drug-likeness (QED) is 0.0138. The van der Waals surface area contributed by atoms with E-state index in [0.717, 1.165) is 0 Å². The van der Waals surface area contributed by atoms with Gasteiger partial charge in [-0.05, 0) is 115 Å². The molecule has 5 unspecified atom stereocenters. The molecule has 10 atom stereocenters. The summed E-state index contributed by atoms with van der Waals surface area (Å²) in [5.41, 5.74) is -4.04. The number of nitrogens with zero attached hydrogens (tertiary/aromatic N) is 7. The number of ether oxygens (including phenoxy) is 5. The normalized spacial score (nSPS) is 24.6. The van der Waals surface area contributed by atoms with E-state index >= 15 is 0 Å². The number of esters is 5. The molecule has 0 aliphatic carbocycles. The summed E-state index contributed by atoms with van der Waals surface area (Å²) < 4.78 is 35.7. The monoisotopic (exact) mass is 1300 g/mol. The number of aliphatic carboxylic acids is 1. The first-order valence-electron chi connectivity index (χ1n) is 27.2. The summed E-state index contributed by atoms with van der Waals surface area (Å²) >= 11 is 3.39. The Morgan fingerprint density at radius 1 is 0.652 bits per heavy atom. The Bertz CT molecular complexity index is 2660. The summed E-state index contributed by atoms with van der Waals surface area (Å²) in [5.74, 6) is 1.65. The Balaban J connectivity index is -0.00000101. The average Bonchev–Trinajstić information content (AvgIpc) is 1.70. The molecular formula is C56H88ClN8NaO23. The van der Waals surface area contributed by atoms with Crippen molar-refractivity contribution in [3.63, 3.8) is 0 Å². The van der Waals surface area contributed by atoms with Crippen molar-refractivity contribution in [2.45, 2.75) is 151 Å². The first kappa shape index (κ1) is 86.4. The van der Waals surface area contributed by atoms with Gasteiger partial charge in [0.1, 0.15) is 53.1 Å². The standard InChI is InChI=1S/C13H18N2O4.C10H16N2O4.C10H15NO5.C10H17NO4.C10H15NO4.C3H4.ClO.H3NO.Na/c1-8-7-10(14-19-8)13(3)5-6-15(12(13)17)9(2)11(16)18-4;1-7(8(13)16-3)12-5-4-10(2,6-11-15)9(12)14;1-6(7(12)16-3)11-5-4-10(2,8(11)13)9(14)15;2*1-7(8(13)15-3)11-5-4-10(2,6-12)9(11)14;1-3-2;2*1-2;/h7,9H,5-6H2,1-4H3;6-7,15H,4-5H2,1-3H3;6H,4-5H2,1-3H3,(H,14,15);7,12H,4-6H2,1-3H3;6-7H,4-5H2,1-3H3;1H,2H3;;2H,1H2;/q;;;;;;-1;;+1/b;11-6+;;;;;;;/t9-,13?;7-,10?;6-,10?;2*7-,10?;;;;/m11111..../s1. The van der Waals surface area contributed by atoms with Crippen LogP contribution in [0.4, 0.5) is 0 Å². The van der Waals surface area contributed by atoms with Gasteiger partial charge >= 0.3 is 65.4 Å². The Hall–Kier alpha value is -6.79. The predicted molar refractivity (Wildman–Crippen MR) is 307 cm³/mol. The number of carboxylic acid groups (broad SMARTS) is 1. The number of carbonyl (C=O) groups is 12. The van der Waals surface area contributed by atoms with Crippen LogP contribution in [0, 0.1) is 40.9 Å². The van der Waals surface area contributed by atoms with E-state index in [2.05, 4.69) is 64.1 Å². The molecule has 0 aromatic carbocycles. The van der Waals surface area contributed by atoms with Crippen molar-refractivity contribution in [3.8, 4) is 12.3 Å². The summed E-state index contributed by atoms with van der Waals surface area (Å²) in [6.45, 7) is 21.6. The molecule has 6 rings (SSSR count). The van der Waals surface area contributed by atoms with Gasteiger partial charge in [0, 0.05) is 38.8 Å². The van der Waals surface area contributed by atoms with Crippen molar-refractivity contribution in [2.75, 3.05) is 74.9 Å². The zero-order valence-electron chi connectivity index (χ0n) is 54.1. The van der Waals surface area contributed by atoms with Crippen LogP contribution < -0.4 is 40.1 Å². The molecule has 5 aliphatic rings. The number of rotatable bonds is 15. The molecule has 31 nitrogen and oxygen atoms in total. The third-order valence-corrected chi connectivity index (χ3v) is 15.8. The molecule has 0 radical (unpaired) electrons. The van der Waals surface area contributed by atoms with Crippen molar-refractivity contribution in [2.24, 2.45) is 32.7 Å². The third kappa shape index (κ3) is 21.4. The van der Waals surface area contributed by atoms with Crippen LogP contribution >= 0.6 is 11.9 Å². The first-order chi connectivity index (χ1) is 41.0. The van der Waals surface area contributed by atoms with Crippen molar-refractivity contribution in [1.82, 2.24) is 29.7 Å². The van der Waals surface area contributed by atoms with Crippen LogP contribution in [-0.2, 0) is 86.6 Å². The molecule has 5 saturated heterocycles. The molecule has 1 aromatic heterocycles. The first-order valence-corrected chi connectivity index (χ1v) is 27.5. The van der Waals surface area contributed by atoms with Gasteiger partial charge in [0.2, 0.25) is 29.5 Å². The molecule has 5 aliphatic heterocycles. The molecule has 498 valence electrons. The maximum absolute atomic E-state index is 12.5. The summed E-state index contributed by atoms with van der Waals surface area (Å²) in [5, 5.41) is 39.9. The van der Waals surface area contributed by atoms with Gasteiger partial charge in [-0.2, -0.15) is 0 Å². The molecule has 0 spiro atoms. The average molecular weight is 1300 g/mol. The number of aldehydes is 1. The maximum atomic E-state index is 12.5. The van der Waals surface area contributed by atoms with Crippen LogP contribution in [0.1, 0.15) is 120 Å². The van der Waals surface area contributed by atoms with Crippen LogP contribution in [0.25, 0.3) is 0 Å².